The number of carbonyl (C=O) groups is 1. The largest absolute Gasteiger partial charge is 0.435 e. The van der Waals surface area contributed by atoms with Crippen LogP contribution in [0.15, 0.2) is 64.1 Å². The molecule has 0 atom stereocenters. The minimum Gasteiger partial charge on any atom is -0.271 e. The third-order valence-electron chi connectivity index (χ3n) is 3.56. The van der Waals surface area contributed by atoms with Crippen LogP contribution in [0.1, 0.15) is 11.3 Å². The molecule has 0 aliphatic rings. The standard InChI is InChI=1S/C17H12F3N7O3S/c18-17(19,20)14-4-7-26(25-14)10-15(28)24-23-9-11-2-3-13(12(8-11)27(29)30)31-16-21-5-1-6-22-16/h1-9H,10H2,(H,24,28). The van der Waals surface area contributed by atoms with Gasteiger partial charge in [-0.1, -0.05) is 6.07 Å². The molecule has 31 heavy (non-hydrogen) atoms. The number of carbonyl (C=O) groups excluding carboxylic acids is 1. The minimum absolute atomic E-state index is 0.205. The highest BCUT2D eigenvalue weighted by molar-refractivity contribution is 7.99. The molecule has 0 spiro atoms. The van der Waals surface area contributed by atoms with Gasteiger partial charge in [0.15, 0.2) is 10.9 Å². The topological polar surface area (TPSA) is 128 Å². The lowest BCUT2D eigenvalue weighted by molar-refractivity contribution is -0.387. The highest BCUT2D eigenvalue weighted by Crippen LogP contribution is 2.33. The van der Waals surface area contributed by atoms with Gasteiger partial charge < -0.3 is 0 Å². The van der Waals surface area contributed by atoms with E-state index in [2.05, 4.69) is 25.6 Å². The minimum atomic E-state index is -4.61. The molecule has 0 saturated heterocycles. The highest BCUT2D eigenvalue weighted by atomic mass is 32.2. The van der Waals surface area contributed by atoms with Gasteiger partial charge in [0.25, 0.3) is 11.6 Å². The van der Waals surface area contributed by atoms with Crippen molar-refractivity contribution in [3.05, 3.63) is 70.3 Å². The fourth-order valence-corrected chi connectivity index (χ4v) is 3.04. The maximum absolute atomic E-state index is 12.5. The van der Waals surface area contributed by atoms with Crippen LogP contribution in [0, 0.1) is 10.1 Å². The molecule has 0 fully saturated rings. The van der Waals surface area contributed by atoms with Crippen molar-refractivity contribution in [2.75, 3.05) is 0 Å². The fourth-order valence-electron chi connectivity index (χ4n) is 2.24. The Labute approximate surface area is 176 Å². The maximum atomic E-state index is 12.5. The van der Waals surface area contributed by atoms with Crippen LogP contribution in [-0.4, -0.2) is 36.8 Å². The molecule has 160 valence electrons. The summed E-state index contributed by atoms with van der Waals surface area (Å²) in [6.45, 7) is -0.486. The van der Waals surface area contributed by atoms with Gasteiger partial charge in [0.2, 0.25) is 0 Å². The number of benzene rings is 1. The van der Waals surface area contributed by atoms with Crippen molar-refractivity contribution in [2.24, 2.45) is 5.10 Å². The van der Waals surface area contributed by atoms with Gasteiger partial charge in [0.05, 0.1) is 16.0 Å². The number of hydrogen-bond acceptors (Lipinski definition) is 8. The summed E-state index contributed by atoms with van der Waals surface area (Å²) in [5, 5.41) is 18.6. The first-order valence-corrected chi connectivity index (χ1v) is 9.20. The van der Waals surface area contributed by atoms with Crippen molar-refractivity contribution >= 4 is 29.6 Å². The van der Waals surface area contributed by atoms with Crippen molar-refractivity contribution in [3.8, 4) is 0 Å². The lowest BCUT2D eigenvalue weighted by atomic mass is 10.2. The first kappa shape index (κ1) is 21.9. The molecule has 1 amide bonds. The second-order valence-electron chi connectivity index (χ2n) is 5.81. The molecule has 3 aromatic rings. The number of alkyl halides is 3. The summed E-state index contributed by atoms with van der Waals surface area (Å²) in [4.78, 5) is 30.9. The van der Waals surface area contributed by atoms with E-state index in [0.717, 1.165) is 28.7 Å². The molecule has 1 aromatic carbocycles. The molecular weight excluding hydrogens is 439 g/mol. The molecule has 14 heteroatoms. The van der Waals surface area contributed by atoms with Crippen LogP contribution in [0.4, 0.5) is 18.9 Å². The first-order chi connectivity index (χ1) is 14.7. The van der Waals surface area contributed by atoms with E-state index in [1.807, 2.05) is 0 Å². The molecule has 2 heterocycles. The molecule has 2 aromatic heterocycles. The number of hydrogen-bond donors (Lipinski definition) is 1. The Bertz CT molecular complexity index is 1120. The van der Waals surface area contributed by atoms with E-state index < -0.39 is 29.2 Å². The van der Waals surface area contributed by atoms with E-state index in [0.29, 0.717) is 15.6 Å². The average molecular weight is 451 g/mol. The quantitative estimate of drug-likeness (QED) is 0.253. The van der Waals surface area contributed by atoms with Gasteiger partial charge >= 0.3 is 6.18 Å². The number of aromatic nitrogens is 4. The van der Waals surface area contributed by atoms with Crippen LogP contribution in [0.3, 0.4) is 0 Å². The van der Waals surface area contributed by atoms with Crippen molar-refractivity contribution in [3.63, 3.8) is 0 Å². The van der Waals surface area contributed by atoms with Gasteiger partial charge in [0.1, 0.15) is 6.54 Å². The molecule has 1 N–H and O–H groups in total. The van der Waals surface area contributed by atoms with Crippen molar-refractivity contribution < 1.29 is 22.9 Å². The molecular formula is C17H12F3N7O3S. The Hall–Kier alpha value is -3.81. The number of amides is 1. The van der Waals surface area contributed by atoms with E-state index >= 15 is 0 Å². The number of nitro benzene ring substituents is 1. The Morgan fingerprint density at radius 2 is 2.03 bits per heavy atom. The smallest absolute Gasteiger partial charge is 0.271 e. The summed E-state index contributed by atoms with van der Waals surface area (Å²) in [6.07, 6.45) is 0.604. The van der Waals surface area contributed by atoms with Gasteiger partial charge in [-0.05, 0) is 30.0 Å². The molecule has 0 radical (unpaired) electrons. The van der Waals surface area contributed by atoms with E-state index in [9.17, 15) is 28.1 Å². The second kappa shape index (κ2) is 9.34. The summed E-state index contributed by atoms with van der Waals surface area (Å²) in [5.74, 6) is -0.726. The monoisotopic (exact) mass is 451 g/mol. The van der Waals surface area contributed by atoms with Crippen LogP contribution in [0.5, 0.6) is 0 Å². The molecule has 3 rings (SSSR count). The zero-order valence-electron chi connectivity index (χ0n) is 15.4. The zero-order chi connectivity index (χ0) is 22.4. The van der Waals surface area contributed by atoms with Crippen LogP contribution in [-0.2, 0) is 17.5 Å². The van der Waals surface area contributed by atoms with Crippen molar-refractivity contribution in [1.82, 2.24) is 25.2 Å². The predicted molar refractivity (Wildman–Crippen MR) is 102 cm³/mol. The Kier molecular flexibility index (Phi) is 6.59. The zero-order valence-corrected chi connectivity index (χ0v) is 16.2. The molecule has 0 saturated carbocycles. The van der Waals surface area contributed by atoms with E-state index in [4.69, 9.17) is 0 Å². The number of rotatable bonds is 7. The number of nitro groups is 1. The summed E-state index contributed by atoms with van der Waals surface area (Å²) in [5.41, 5.74) is 1.13. The highest BCUT2D eigenvalue weighted by Gasteiger charge is 2.33. The summed E-state index contributed by atoms with van der Waals surface area (Å²) < 4.78 is 38.4. The van der Waals surface area contributed by atoms with Gasteiger partial charge in [-0.15, -0.1) is 0 Å². The van der Waals surface area contributed by atoms with Crippen LogP contribution >= 0.6 is 11.8 Å². The van der Waals surface area contributed by atoms with E-state index in [1.165, 1.54) is 36.8 Å². The molecule has 0 unspecified atom stereocenters. The van der Waals surface area contributed by atoms with Crippen LogP contribution in [0.2, 0.25) is 0 Å². The lowest BCUT2D eigenvalue weighted by Crippen LogP contribution is -2.23. The third kappa shape index (κ3) is 6.08. The van der Waals surface area contributed by atoms with Crippen LogP contribution < -0.4 is 5.43 Å². The number of halogens is 3. The van der Waals surface area contributed by atoms with Gasteiger partial charge in [-0.25, -0.2) is 15.4 Å². The SMILES string of the molecule is O=C(Cn1ccc(C(F)(F)F)n1)NN=Cc1ccc(Sc2ncccn2)c([N+](=O)[O-])c1. The number of nitrogens with zero attached hydrogens (tertiary/aromatic N) is 6. The Morgan fingerprint density at radius 3 is 2.68 bits per heavy atom. The summed E-state index contributed by atoms with van der Waals surface area (Å²) in [7, 11) is 0. The fraction of sp³-hybridized carbons (Fsp3) is 0.118. The third-order valence-corrected chi connectivity index (χ3v) is 4.52. The predicted octanol–water partition coefficient (Wildman–Crippen LogP) is 2.90. The van der Waals surface area contributed by atoms with Crippen molar-refractivity contribution in [1.29, 1.82) is 0 Å². The molecule has 0 bridgehead atoms. The van der Waals surface area contributed by atoms with Gasteiger partial charge in [0, 0.05) is 30.2 Å². The van der Waals surface area contributed by atoms with Gasteiger partial charge in [-0.2, -0.15) is 23.4 Å². The normalized spacial score (nSPS) is 11.6. The molecule has 0 aliphatic heterocycles. The number of hydrazone groups is 1. The molecule has 10 nitrogen and oxygen atoms in total. The van der Waals surface area contributed by atoms with Gasteiger partial charge in [-0.3, -0.25) is 19.6 Å². The summed E-state index contributed by atoms with van der Waals surface area (Å²) in [6, 6.07) is 6.65. The second-order valence-corrected chi connectivity index (χ2v) is 6.82. The van der Waals surface area contributed by atoms with Crippen molar-refractivity contribution in [2.45, 2.75) is 22.8 Å². The number of nitrogens with one attached hydrogen (secondary N) is 1. The maximum Gasteiger partial charge on any atom is 0.435 e. The lowest BCUT2D eigenvalue weighted by Gasteiger charge is -2.03. The Morgan fingerprint density at radius 1 is 1.29 bits per heavy atom. The average Bonchev–Trinajstić information content (AvgIpc) is 3.18. The molecule has 0 aliphatic carbocycles. The van der Waals surface area contributed by atoms with E-state index in [-0.39, 0.29) is 5.69 Å². The first-order valence-electron chi connectivity index (χ1n) is 8.38. The van der Waals surface area contributed by atoms with Crippen LogP contribution in [0.25, 0.3) is 0 Å². The summed E-state index contributed by atoms with van der Waals surface area (Å²) >= 11 is 1.02. The Balaban J connectivity index is 1.63. The van der Waals surface area contributed by atoms with E-state index in [1.54, 1.807) is 6.07 Å².